The van der Waals surface area contributed by atoms with Crippen LogP contribution in [0.25, 0.3) is 0 Å². The molecule has 6 heteroatoms. The molecule has 1 amide bonds. The van der Waals surface area contributed by atoms with Crippen molar-refractivity contribution in [2.75, 3.05) is 19.0 Å². The fourth-order valence-corrected chi connectivity index (χ4v) is 2.82. The Balaban J connectivity index is 0.00000200. The predicted octanol–water partition coefficient (Wildman–Crippen LogP) is 3.35. The van der Waals surface area contributed by atoms with Gasteiger partial charge in [0.15, 0.2) is 0 Å². The maximum Gasteiger partial charge on any atom is 0.224 e. The third kappa shape index (κ3) is 4.96. The minimum Gasteiger partial charge on any atom is -0.496 e. The van der Waals surface area contributed by atoms with Crippen molar-refractivity contribution in [3.63, 3.8) is 0 Å². The van der Waals surface area contributed by atoms with Crippen molar-refractivity contribution in [1.82, 2.24) is 5.32 Å². The molecule has 1 aromatic rings. The highest BCUT2D eigenvalue weighted by atomic mass is 79.9. The van der Waals surface area contributed by atoms with E-state index in [1.807, 2.05) is 18.2 Å². The zero-order valence-electron chi connectivity index (χ0n) is 11.4. The standard InChI is InChI=1S/C14H19BrN2O2.ClH/c1-19-13-6-4-11(9-12(13)15)17-14(18)7-5-10-3-2-8-16-10;/h4,6,9-10,16H,2-3,5,7-8H2,1H3,(H,17,18);1H. The van der Waals surface area contributed by atoms with E-state index in [-0.39, 0.29) is 18.3 Å². The van der Waals surface area contributed by atoms with Crippen LogP contribution in [0, 0.1) is 0 Å². The predicted molar refractivity (Wildman–Crippen MR) is 86.8 cm³/mol. The maximum absolute atomic E-state index is 11.8. The average molecular weight is 364 g/mol. The van der Waals surface area contributed by atoms with E-state index >= 15 is 0 Å². The van der Waals surface area contributed by atoms with E-state index in [4.69, 9.17) is 4.74 Å². The zero-order valence-corrected chi connectivity index (χ0v) is 13.9. The summed E-state index contributed by atoms with van der Waals surface area (Å²) in [5.74, 6) is 0.818. The first-order valence-electron chi connectivity index (χ1n) is 6.56. The van der Waals surface area contributed by atoms with Gasteiger partial charge in [0.2, 0.25) is 5.91 Å². The van der Waals surface area contributed by atoms with Gasteiger partial charge in [-0.05, 0) is 59.9 Å². The number of rotatable bonds is 5. The van der Waals surface area contributed by atoms with Gasteiger partial charge in [0.1, 0.15) is 5.75 Å². The second-order valence-electron chi connectivity index (χ2n) is 4.73. The topological polar surface area (TPSA) is 50.4 Å². The van der Waals surface area contributed by atoms with Gasteiger partial charge in [-0.15, -0.1) is 12.4 Å². The second-order valence-corrected chi connectivity index (χ2v) is 5.58. The van der Waals surface area contributed by atoms with E-state index in [0.29, 0.717) is 12.5 Å². The number of anilines is 1. The van der Waals surface area contributed by atoms with Crippen molar-refractivity contribution in [2.24, 2.45) is 0 Å². The first-order chi connectivity index (χ1) is 9.19. The van der Waals surface area contributed by atoms with E-state index in [1.54, 1.807) is 7.11 Å². The van der Waals surface area contributed by atoms with Crippen LogP contribution < -0.4 is 15.4 Å². The van der Waals surface area contributed by atoms with Crippen LogP contribution in [0.4, 0.5) is 5.69 Å². The summed E-state index contributed by atoms with van der Waals surface area (Å²) in [5.41, 5.74) is 0.789. The fraction of sp³-hybridized carbons (Fsp3) is 0.500. The average Bonchev–Trinajstić information content (AvgIpc) is 2.90. The van der Waals surface area contributed by atoms with Gasteiger partial charge in [-0.2, -0.15) is 0 Å². The zero-order chi connectivity index (χ0) is 13.7. The Morgan fingerprint density at radius 2 is 2.35 bits per heavy atom. The Kier molecular flexibility index (Phi) is 7.34. The van der Waals surface area contributed by atoms with Crippen LogP contribution in [0.1, 0.15) is 25.7 Å². The normalized spacial score (nSPS) is 17.4. The monoisotopic (exact) mass is 362 g/mol. The molecule has 0 bridgehead atoms. The van der Waals surface area contributed by atoms with Gasteiger partial charge in [0.25, 0.3) is 0 Å². The molecular formula is C14H20BrClN2O2. The molecule has 1 heterocycles. The van der Waals surface area contributed by atoms with Crippen LogP contribution >= 0.6 is 28.3 Å². The Morgan fingerprint density at radius 3 is 2.95 bits per heavy atom. The van der Waals surface area contributed by atoms with E-state index in [1.165, 1.54) is 12.8 Å². The van der Waals surface area contributed by atoms with E-state index < -0.39 is 0 Å². The fourth-order valence-electron chi connectivity index (χ4n) is 2.28. The van der Waals surface area contributed by atoms with E-state index in [9.17, 15) is 4.79 Å². The van der Waals surface area contributed by atoms with Crippen LogP contribution in [-0.2, 0) is 4.79 Å². The molecule has 1 saturated heterocycles. The van der Waals surface area contributed by atoms with Crippen LogP contribution in [0.5, 0.6) is 5.75 Å². The van der Waals surface area contributed by atoms with Gasteiger partial charge < -0.3 is 15.4 Å². The number of hydrogen-bond acceptors (Lipinski definition) is 3. The third-order valence-electron chi connectivity index (χ3n) is 3.32. The Morgan fingerprint density at radius 1 is 1.55 bits per heavy atom. The molecule has 2 N–H and O–H groups in total. The van der Waals surface area contributed by atoms with Gasteiger partial charge >= 0.3 is 0 Å². The lowest BCUT2D eigenvalue weighted by molar-refractivity contribution is -0.116. The molecule has 0 spiro atoms. The summed E-state index contributed by atoms with van der Waals surface area (Å²) in [6.07, 6.45) is 3.86. The Bertz CT molecular complexity index is 451. The van der Waals surface area contributed by atoms with Gasteiger partial charge in [-0.1, -0.05) is 0 Å². The van der Waals surface area contributed by atoms with Crippen molar-refractivity contribution in [1.29, 1.82) is 0 Å². The number of methoxy groups -OCH3 is 1. The molecule has 4 nitrogen and oxygen atoms in total. The molecule has 1 unspecified atom stereocenters. The molecule has 20 heavy (non-hydrogen) atoms. The van der Waals surface area contributed by atoms with Crippen molar-refractivity contribution >= 4 is 39.9 Å². The number of nitrogens with one attached hydrogen (secondary N) is 2. The molecule has 112 valence electrons. The van der Waals surface area contributed by atoms with Crippen LogP contribution in [0.15, 0.2) is 22.7 Å². The molecule has 0 saturated carbocycles. The quantitative estimate of drug-likeness (QED) is 0.843. The number of halogens is 2. The largest absolute Gasteiger partial charge is 0.496 e. The SMILES string of the molecule is COc1ccc(NC(=O)CCC2CCCN2)cc1Br.Cl. The molecule has 1 aliphatic heterocycles. The lowest BCUT2D eigenvalue weighted by Crippen LogP contribution is -2.23. The molecular weight excluding hydrogens is 344 g/mol. The molecule has 0 aliphatic carbocycles. The van der Waals surface area contributed by atoms with E-state index in [2.05, 4.69) is 26.6 Å². The molecule has 1 fully saturated rings. The van der Waals surface area contributed by atoms with Gasteiger partial charge in [-0.3, -0.25) is 4.79 Å². The lowest BCUT2D eigenvalue weighted by atomic mass is 10.1. The number of ether oxygens (including phenoxy) is 1. The van der Waals surface area contributed by atoms with Crippen molar-refractivity contribution in [3.05, 3.63) is 22.7 Å². The maximum atomic E-state index is 11.8. The number of amides is 1. The van der Waals surface area contributed by atoms with Crippen LogP contribution in [-0.4, -0.2) is 25.6 Å². The molecule has 1 aromatic carbocycles. The number of benzene rings is 1. The summed E-state index contributed by atoms with van der Waals surface area (Å²) in [4.78, 5) is 11.8. The Labute approximate surface area is 134 Å². The lowest BCUT2D eigenvalue weighted by Gasteiger charge is -2.11. The highest BCUT2D eigenvalue weighted by molar-refractivity contribution is 9.10. The first-order valence-corrected chi connectivity index (χ1v) is 7.35. The molecule has 0 radical (unpaired) electrons. The first kappa shape index (κ1) is 17.3. The van der Waals surface area contributed by atoms with Gasteiger partial charge in [0, 0.05) is 18.2 Å². The minimum atomic E-state index is 0. The Hall–Kier alpha value is -0.780. The summed E-state index contributed by atoms with van der Waals surface area (Å²) in [6.45, 7) is 1.08. The molecule has 1 aliphatic rings. The van der Waals surface area contributed by atoms with Crippen molar-refractivity contribution in [3.8, 4) is 5.75 Å². The summed E-state index contributed by atoms with van der Waals surface area (Å²) in [7, 11) is 1.62. The highest BCUT2D eigenvalue weighted by Crippen LogP contribution is 2.27. The number of hydrogen-bond donors (Lipinski definition) is 2. The van der Waals surface area contributed by atoms with Crippen molar-refractivity contribution < 1.29 is 9.53 Å². The third-order valence-corrected chi connectivity index (χ3v) is 3.94. The summed E-state index contributed by atoms with van der Waals surface area (Å²) in [5, 5.41) is 6.30. The van der Waals surface area contributed by atoms with E-state index in [0.717, 1.165) is 28.9 Å². The molecule has 0 aromatic heterocycles. The molecule has 1 atom stereocenters. The minimum absolute atomic E-state index is 0. The number of carbonyl (C=O) groups excluding carboxylic acids is 1. The van der Waals surface area contributed by atoms with Crippen LogP contribution in [0.3, 0.4) is 0 Å². The highest BCUT2D eigenvalue weighted by Gasteiger charge is 2.15. The number of carbonyl (C=O) groups is 1. The van der Waals surface area contributed by atoms with Gasteiger partial charge in [-0.25, -0.2) is 0 Å². The smallest absolute Gasteiger partial charge is 0.224 e. The van der Waals surface area contributed by atoms with Crippen LogP contribution in [0.2, 0.25) is 0 Å². The van der Waals surface area contributed by atoms with Gasteiger partial charge in [0.05, 0.1) is 11.6 Å². The second kappa shape index (κ2) is 8.49. The molecule has 2 rings (SSSR count). The van der Waals surface area contributed by atoms with Crippen molar-refractivity contribution in [2.45, 2.75) is 31.7 Å². The summed E-state index contributed by atoms with van der Waals surface area (Å²) >= 11 is 3.40. The summed E-state index contributed by atoms with van der Waals surface area (Å²) in [6, 6.07) is 6.03. The summed E-state index contributed by atoms with van der Waals surface area (Å²) < 4.78 is 5.99.